The number of hydrogen-bond acceptors (Lipinski definition) is 7. The van der Waals surface area contributed by atoms with Crippen molar-refractivity contribution in [3.05, 3.63) is 132 Å². The van der Waals surface area contributed by atoms with E-state index < -0.39 is 29.9 Å². The van der Waals surface area contributed by atoms with Gasteiger partial charge in [0.25, 0.3) is 0 Å². The van der Waals surface area contributed by atoms with Crippen LogP contribution < -0.4 is 4.74 Å². The minimum atomic E-state index is -0.538. The molecule has 1 saturated heterocycles. The number of ether oxygens (including phenoxy) is 5. The molecule has 1 aliphatic rings. The highest BCUT2D eigenvalue weighted by Gasteiger charge is 2.48. The molecular weight excluding hydrogens is 546 g/mol. The van der Waals surface area contributed by atoms with Crippen molar-refractivity contribution in [3.63, 3.8) is 0 Å². The quantitative estimate of drug-likeness (QED) is 0.166. The predicted octanol–water partition coefficient (Wildman–Crippen LogP) is 7.18. The van der Waals surface area contributed by atoms with Crippen LogP contribution in [-0.2, 0) is 38.8 Å². The van der Waals surface area contributed by atoms with Gasteiger partial charge in [-0.25, -0.2) is 0 Å². The summed E-state index contributed by atoms with van der Waals surface area (Å²) in [5.41, 5.74) is 2.66. The first kappa shape index (κ1) is 29.8. The zero-order chi connectivity index (χ0) is 29.0. The van der Waals surface area contributed by atoms with Gasteiger partial charge >= 0.3 is 0 Å². The first-order valence-electron chi connectivity index (χ1n) is 14.0. The maximum Gasteiger partial charge on any atom is 0.137 e. The van der Waals surface area contributed by atoms with Gasteiger partial charge in [0.15, 0.2) is 0 Å². The van der Waals surface area contributed by atoms with E-state index in [1.54, 1.807) is 18.9 Å². The van der Waals surface area contributed by atoms with Crippen molar-refractivity contribution in [2.75, 3.05) is 7.11 Å². The Morgan fingerprint density at radius 3 is 1.69 bits per heavy atom. The normalized spacial score (nSPS) is 21.9. The van der Waals surface area contributed by atoms with Crippen LogP contribution in [0.2, 0.25) is 0 Å². The fourth-order valence-electron chi connectivity index (χ4n) is 4.88. The van der Waals surface area contributed by atoms with Crippen molar-refractivity contribution < 1.29 is 23.7 Å². The number of rotatable bonds is 13. The number of nitriles is 1. The summed E-state index contributed by atoms with van der Waals surface area (Å²) in [5, 5.41) is 9.79. The second kappa shape index (κ2) is 15.5. The van der Waals surface area contributed by atoms with Crippen LogP contribution in [0.15, 0.2) is 120 Å². The molecule has 1 heterocycles. The summed E-state index contributed by atoms with van der Waals surface area (Å²) in [6.07, 6.45) is -1.86. The van der Waals surface area contributed by atoms with E-state index in [-0.39, 0.29) is 6.42 Å². The highest BCUT2D eigenvalue weighted by Crippen LogP contribution is 2.39. The van der Waals surface area contributed by atoms with Gasteiger partial charge in [-0.15, -0.1) is 0 Å². The molecule has 5 atom stereocenters. The lowest BCUT2D eigenvalue weighted by Gasteiger charge is -2.45. The first-order valence-corrected chi connectivity index (χ1v) is 14.9. The number of hydrogen-bond donors (Lipinski definition) is 0. The van der Waals surface area contributed by atoms with E-state index in [1.165, 1.54) is 0 Å². The predicted molar refractivity (Wildman–Crippen MR) is 163 cm³/mol. The Labute approximate surface area is 252 Å². The molecule has 4 aromatic carbocycles. The van der Waals surface area contributed by atoms with E-state index in [4.69, 9.17) is 23.7 Å². The molecule has 0 bridgehead atoms. The number of methoxy groups -OCH3 is 1. The van der Waals surface area contributed by atoms with E-state index in [0.29, 0.717) is 19.8 Å². The maximum atomic E-state index is 9.79. The van der Waals surface area contributed by atoms with Gasteiger partial charge in [0.05, 0.1) is 39.4 Å². The van der Waals surface area contributed by atoms with Crippen LogP contribution in [0.1, 0.15) is 23.1 Å². The summed E-state index contributed by atoms with van der Waals surface area (Å²) < 4.78 is 31.8. The molecule has 0 aromatic heterocycles. The molecule has 0 aliphatic carbocycles. The van der Waals surface area contributed by atoms with Crippen molar-refractivity contribution in [2.45, 2.75) is 61.0 Å². The molecular formula is C35H35NO5S. The molecule has 0 spiro atoms. The summed E-state index contributed by atoms with van der Waals surface area (Å²) in [4.78, 5) is 1.05. The van der Waals surface area contributed by atoms with Crippen LogP contribution in [0.3, 0.4) is 0 Å². The zero-order valence-electron chi connectivity index (χ0n) is 23.6. The molecule has 42 heavy (non-hydrogen) atoms. The smallest absolute Gasteiger partial charge is 0.137 e. The second-order valence-corrected chi connectivity index (χ2v) is 11.2. The molecule has 0 unspecified atom stereocenters. The first-order chi connectivity index (χ1) is 20.7. The monoisotopic (exact) mass is 581 g/mol. The third kappa shape index (κ3) is 8.22. The van der Waals surface area contributed by atoms with Crippen molar-refractivity contribution in [1.29, 1.82) is 5.26 Å². The van der Waals surface area contributed by atoms with Gasteiger partial charge in [0.2, 0.25) is 0 Å². The Hall–Kier alpha value is -3.64. The largest absolute Gasteiger partial charge is 0.497 e. The van der Waals surface area contributed by atoms with E-state index in [2.05, 4.69) is 6.07 Å². The topological polar surface area (TPSA) is 69.9 Å². The lowest BCUT2D eigenvalue weighted by Crippen LogP contribution is -2.59. The molecule has 1 aliphatic heterocycles. The van der Waals surface area contributed by atoms with Gasteiger partial charge in [-0.3, -0.25) is 0 Å². The van der Waals surface area contributed by atoms with Gasteiger partial charge in [-0.1, -0.05) is 103 Å². The van der Waals surface area contributed by atoms with E-state index in [0.717, 1.165) is 27.3 Å². The minimum Gasteiger partial charge on any atom is -0.497 e. The number of benzene rings is 4. The second-order valence-electron chi connectivity index (χ2n) is 9.98. The minimum absolute atomic E-state index is 0.162. The maximum absolute atomic E-state index is 9.79. The number of nitrogens with zero attached hydrogens (tertiary/aromatic N) is 1. The van der Waals surface area contributed by atoms with Crippen LogP contribution in [0.4, 0.5) is 0 Å². The summed E-state index contributed by atoms with van der Waals surface area (Å²) in [6.45, 7) is 1.09. The molecule has 7 heteroatoms. The van der Waals surface area contributed by atoms with Crippen molar-refractivity contribution >= 4 is 11.8 Å². The summed E-state index contributed by atoms with van der Waals surface area (Å²) >= 11 is 1.58. The molecule has 0 saturated carbocycles. The van der Waals surface area contributed by atoms with Gasteiger partial charge < -0.3 is 23.7 Å². The summed E-state index contributed by atoms with van der Waals surface area (Å²) in [5.74, 6) is 0.779. The molecule has 0 N–H and O–H groups in total. The van der Waals surface area contributed by atoms with Gasteiger partial charge in [-0.05, 0) is 41.0 Å². The van der Waals surface area contributed by atoms with Gasteiger partial charge in [0.1, 0.15) is 35.6 Å². The Morgan fingerprint density at radius 2 is 1.14 bits per heavy atom. The van der Waals surface area contributed by atoms with Crippen LogP contribution in [0.5, 0.6) is 5.75 Å². The van der Waals surface area contributed by atoms with Gasteiger partial charge in [-0.2, -0.15) is 5.26 Å². The van der Waals surface area contributed by atoms with Gasteiger partial charge in [0, 0.05) is 4.90 Å². The highest BCUT2D eigenvalue weighted by molar-refractivity contribution is 7.99. The standard InChI is InChI=1S/C35H35NO5S/c1-37-29-19-17-28(18-20-29)25-38-32-31(21-22-36)41-35(42-30-15-9-4-10-16-30)34(40-24-27-13-7-3-8-14-27)33(32)39-23-26-11-5-2-6-12-26/h2-20,31-35H,21,23-25H2,1H3/t31-,32+,33+,34-,35+/m1/s1. The Bertz CT molecular complexity index is 1380. The highest BCUT2D eigenvalue weighted by atomic mass is 32.2. The van der Waals surface area contributed by atoms with Crippen LogP contribution in [-0.4, -0.2) is 37.0 Å². The van der Waals surface area contributed by atoms with E-state index >= 15 is 0 Å². The lowest BCUT2D eigenvalue weighted by atomic mass is 9.97. The summed E-state index contributed by atoms with van der Waals surface area (Å²) in [7, 11) is 1.64. The Balaban J connectivity index is 1.45. The Morgan fingerprint density at radius 1 is 0.643 bits per heavy atom. The number of thioether (sulfide) groups is 1. The van der Waals surface area contributed by atoms with Crippen LogP contribution >= 0.6 is 11.8 Å². The molecule has 0 radical (unpaired) electrons. The van der Waals surface area contributed by atoms with E-state index in [9.17, 15) is 5.26 Å². The van der Waals surface area contributed by atoms with Crippen molar-refractivity contribution in [3.8, 4) is 11.8 Å². The average Bonchev–Trinajstić information content (AvgIpc) is 3.04. The fraction of sp³-hybridized carbons (Fsp3) is 0.286. The molecule has 6 nitrogen and oxygen atoms in total. The van der Waals surface area contributed by atoms with Crippen molar-refractivity contribution in [2.24, 2.45) is 0 Å². The third-order valence-electron chi connectivity index (χ3n) is 7.05. The van der Waals surface area contributed by atoms with E-state index in [1.807, 2.05) is 115 Å². The average molecular weight is 582 g/mol. The third-order valence-corrected chi connectivity index (χ3v) is 8.21. The SMILES string of the molecule is COc1ccc(CO[C@@H]2[C@H](OCc3ccccc3)[C@@H](OCc3ccccc3)[C@H](Sc3ccccc3)O[C@@H]2CC#N)cc1. The lowest BCUT2D eigenvalue weighted by molar-refractivity contribution is -0.245. The molecule has 4 aromatic rings. The Kier molecular flexibility index (Phi) is 11.0. The fourth-order valence-corrected chi connectivity index (χ4v) is 6.02. The molecule has 1 fully saturated rings. The molecule has 0 amide bonds. The summed E-state index contributed by atoms with van der Waals surface area (Å²) in [6, 6.07) is 40.3. The molecule has 5 rings (SSSR count). The molecule has 216 valence electrons. The van der Waals surface area contributed by atoms with Crippen LogP contribution in [0.25, 0.3) is 0 Å². The zero-order valence-corrected chi connectivity index (χ0v) is 24.4. The van der Waals surface area contributed by atoms with Crippen LogP contribution in [0, 0.1) is 11.3 Å². The van der Waals surface area contributed by atoms with Crippen molar-refractivity contribution in [1.82, 2.24) is 0 Å².